The van der Waals surface area contributed by atoms with Gasteiger partial charge < -0.3 is 15.4 Å². The van der Waals surface area contributed by atoms with E-state index in [1.54, 1.807) is 13.4 Å². The van der Waals surface area contributed by atoms with Crippen LogP contribution in [0, 0.1) is 5.92 Å². The third kappa shape index (κ3) is 3.89. The minimum atomic E-state index is 0.703. The average Bonchev–Trinajstić information content (AvgIpc) is 2.46. The molecule has 0 spiro atoms. The number of hydrogen-bond acceptors (Lipinski definition) is 6. The lowest BCUT2D eigenvalue weighted by molar-refractivity contribution is 0.413. The molecular formula is C13H22N4OS. The van der Waals surface area contributed by atoms with Crippen molar-refractivity contribution < 1.29 is 4.74 Å². The Morgan fingerprint density at radius 2 is 1.95 bits per heavy atom. The number of rotatable bonds is 6. The molecule has 6 heteroatoms. The summed E-state index contributed by atoms with van der Waals surface area (Å²) < 4.78 is 5.41. The molecule has 0 unspecified atom stereocenters. The van der Waals surface area contributed by atoms with Crippen LogP contribution in [-0.2, 0) is 0 Å². The van der Waals surface area contributed by atoms with E-state index in [0.717, 1.165) is 30.6 Å². The molecule has 0 aliphatic carbocycles. The standard InChI is InChI=1S/C13H22N4OS/c1-3-14-12-11(18-2)13(17-9-16-12)15-8-10-4-6-19-7-5-10/h9-10H,3-8H2,1-2H3,(H2,14,15,16,17). The molecule has 19 heavy (non-hydrogen) atoms. The van der Waals surface area contributed by atoms with Crippen LogP contribution >= 0.6 is 11.8 Å². The predicted molar refractivity (Wildman–Crippen MR) is 81.3 cm³/mol. The van der Waals surface area contributed by atoms with Gasteiger partial charge in [0, 0.05) is 13.1 Å². The maximum Gasteiger partial charge on any atom is 0.204 e. The summed E-state index contributed by atoms with van der Waals surface area (Å²) in [6.45, 7) is 3.81. The quantitative estimate of drug-likeness (QED) is 0.836. The third-order valence-corrected chi connectivity index (χ3v) is 4.30. The van der Waals surface area contributed by atoms with Gasteiger partial charge >= 0.3 is 0 Å². The number of thioether (sulfide) groups is 1. The SMILES string of the molecule is CCNc1ncnc(NCC2CCSCC2)c1OC. The first kappa shape index (κ1) is 14.2. The molecule has 1 aliphatic rings. The van der Waals surface area contributed by atoms with Gasteiger partial charge in [-0.05, 0) is 37.2 Å². The Balaban J connectivity index is 2.00. The van der Waals surface area contributed by atoms with Crippen LogP contribution < -0.4 is 15.4 Å². The second kappa shape index (κ2) is 7.43. The van der Waals surface area contributed by atoms with Crippen molar-refractivity contribution in [2.45, 2.75) is 19.8 Å². The lowest BCUT2D eigenvalue weighted by Crippen LogP contribution is -2.20. The highest BCUT2D eigenvalue weighted by Gasteiger charge is 2.16. The largest absolute Gasteiger partial charge is 0.490 e. The van der Waals surface area contributed by atoms with Gasteiger partial charge in [-0.25, -0.2) is 9.97 Å². The zero-order chi connectivity index (χ0) is 13.5. The van der Waals surface area contributed by atoms with Gasteiger partial charge in [0.2, 0.25) is 5.75 Å². The molecule has 1 fully saturated rings. The molecule has 1 aromatic heterocycles. The number of hydrogen-bond donors (Lipinski definition) is 2. The Kier molecular flexibility index (Phi) is 5.57. The van der Waals surface area contributed by atoms with Gasteiger partial charge in [-0.15, -0.1) is 0 Å². The van der Waals surface area contributed by atoms with Crippen molar-refractivity contribution in [3.63, 3.8) is 0 Å². The molecule has 1 aliphatic heterocycles. The topological polar surface area (TPSA) is 59.1 Å². The Labute approximate surface area is 118 Å². The molecule has 0 amide bonds. The number of ether oxygens (including phenoxy) is 1. The number of nitrogens with one attached hydrogen (secondary N) is 2. The summed E-state index contributed by atoms with van der Waals surface area (Å²) in [6, 6.07) is 0. The summed E-state index contributed by atoms with van der Waals surface area (Å²) >= 11 is 2.05. The van der Waals surface area contributed by atoms with E-state index in [2.05, 4.69) is 20.6 Å². The highest BCUT2D eigenvalue weighted by molar-refractivity contribution is 7.99. The summed E-state index contributed by atoms with van der Waals surface area (Å²) in [5, 5.41) is 6.59. The molecule has 5 nitrogen and oxygen atoms in total. The fraction of sp³-hybridized carbons (Fsp3) is 0.692. The minimum Gasteiger partial charge on any atom is -0.490 e. The highest BCUT2D eigenvalue weighted by atomic mass is 32.2. The normalized spacial score (nSPS) is 16.1. The number of methoxy groups -OCH3 is 1. The van der Waals surface area contributed by atoms with E-state index >= 15 is 0 Å². The first-order chi connectivity index (χ1) is 9.35. The Bertz CT molecular complexity index is 396. The molecule has 2 rings (SSSR count). The predicted octanol–water partition coefficient (Wildman–Crippen LogP) is 2.47. The molecule has 0 aromatic carbocycles. The Morgan fingerprint density at radius 3 is 2.58 bits per heavy atom. The van der Waals surface area contributed by atoms with Crippen LogP contribution in [0.15, 0.2) is 6.33 Å². The summed E-state index contributed by atoms with van der Waals surface area (Å²) in [5.74, 6) is 5.53. The summed E-state index contributed by atoms with van der Waals surface area (Å²) in [7, 11) is 1.65. The van der Waals surface area contributed by atoms with Gasteiger partial charge in [0.25, 0.3) is 0 Å². The summed E-state index contributed by atoms with van der Waals surface area (Å²) in [5.41, 5.74) is 0. The van der Waals surface area contributed by atoms with Gasteiger partial charge in [0.1, 0.15) is 6.33 Å². The molecular weight excluding hydrogens is 260 g/mol. The Morgan fingerprint density at radius 1 is 1.26 bits per heavy atom. The van der Waals surface area contributed by atoms with E-state index < -0.39 is 0 Å². The van der Waals surface area contributed by atoms with Crippen molar-refractivity contribution in [3.8, 4) is 5.75 Å². The maximum atomic E-state index is 5.41. The first-order valence-corrected chi connectivity index (χ1v) is 7.95. The van der Waals surface area contributed by atoms with E-state index in [1.165, 1.54) is 24.3 Å². The number of nitrogens with zero attached hydrogens (tertiary/aromatic N) is 2. The van der Waals surface area contributed by atoms with E-state index in [9.17, 15) is 0 Å². The Hall–Kier alpha value is -1.17. The van der Waals surface area contributed by atoms with E-state index in [4.69, 9.17) is 4.74 Å². The number of anilines is 2. The maximum absolute atomic E-state index is 5.41. The molecule has 2 heterocycles. The van der Waals surface area contributed by atoms with Crippen molar-refractivity contribution >= 4 is 23.4 Å². The highest BCUT2D eigenvalue weighted by Crippen LogP contribution is 2.30. The molecule has 0 atom stereocenters. The van der Waals surface area contributed by atoms with Crippen LogP contribution in [0.2, 0.25) is 0 Å². The number of aromatic nitrogens is 2. The zero-order valence-electron chi connectivity index (χ0n) is 11.6. The van der Waals surface area contributed by atoms with Crippen LogP contribution in [0.3, 0.4) is 0 Å². The second-order valence-corrected chi connectivity index (χ2v) is 5.80. The van der Waals surface area contributed by atoms with Crippen LogP contribution in [-0.4, -0.2) is 41.7 Å². The smallest absolute Gasteiger partial charge is 0.204 e. The molecule has 1 saturated heterocycles. The molecule has 0 bridgehead atoms. The zero-order valence-corrected chi connectivity index (χ0v) is 12.4. The minimum absolute atomic E-state index is 0.703. The van der Waals surface area contributed by atoms with E-state index in [0.29, 0.717) is 5.75 Å². The van der Waals surface area contributed by atoms with Gasteiger partial charge in [-0.2, -0.15) is 11.8 Å². The molecule has 0 saturated carbocycles. The molecule has 1 aromatic rings. The van der Waals surface area contributed by atoms with Crippen LogP contribution in [0.5, 0.6) is 5.75 Å². The van der Waals surface area contributed by atoms with Gasteiger partial charge in [-0.1, -0.05) is 0 Å². The van der Waals surface area contributed by atoms with Gasteiger partial charge in [0.15, 0.2) is 11.6 Å². The second-order valence-electron chi connectivity index (χ2n) is 4.57. The first-order valence-electron chi connectivity index (χ1n) is 6.79. The van der Waals surface area contributed by atoms with Crippen molar-refractivity contribution in [1.29, 1.82) is 0 Å². The van der Waals surface area contributed by atoms with Gasteiger partial charge in [0.05, 0.1) is 7.11 Å². The lowest BCUT2D eigenvalue weighted by atomic mass is 10.0. The van der Waals surface area contributed by atoms with Gasteiger partial charge in [-0.3, -0.25) is 0 Å². The summed E-state index contributed by atoms with van der Waals surface area (Å²) in [4.78, 5) is 8.49. The lowest BCUT2D eigenvalue weighted by Gasteiger charge is -2.22. The van der Waals surface area contributed by atoms with Crippen LogP contribution in [0.25, 0.3) is 0 Å². The monoisotopic (exact) mass is 282 g/mol. The van der Waals surface area contributed by atoms with Crippen molar-refractivity contribution in [2.75, 3.05) is 42.3 Å². The average molecular weight is 282 g/mol. The van der Waals surface area contributed by atoms with E-state index in [1.807, 2.05) is 18.7 Å². The fourth-order valence-electron chi connectivity index (χ4n) is 2.18. The van der Waals surface area contributed by atoms with Crippen molar-refractivity contribution in [2.24, 2.45) is 5.92 Å². The third-order valence-electron chi connectivity index (χ3n) is 3.25. The fourth-order valence-corrected chi connectivity index (χ4v) is 3.38. The summed E-state index contributed by atoms with van der Waals surface area (Å²) in [6.07, 6.45) is 4.13. The van der Waals surface area contributed by atoms with Crippen LogP contribution in [0.1, 0.15) is 19.8 Å². The van der Waals surface area contributed by atoms with E-state index in [-0.39, 0.29) is 0 Å². The molecule has 0 radical (unpaired) electrons. The van der Waals surface area contributed by atoms with Crippen molar-refractivity contribution in [3.05, 3.63) is 6.33 Å². The van der Waals surface area contributed by atoms with Crippen LogP contribution in [0.4, 0.5) is 11.6 Å². The molecule has 2 N–H and O–H groups in total. The van der Waals surface area contributed by atoms with Crippen molar-refractivity contribution in [1.82, 2.24) is 9.97 Å². The molecule has 106 valence electrons.